The zero-order valence-corrected chi connectivity index (χ0v) is 13.9. The maximum atomic E-state index is 12.1. The summed E-state index contributed by atoms with van der Waals surface area (Å²) in [6, 6.07) is 6.58. The van der Waals surface area contributed by atoms with Crippen LogP contribution in [0, 0.1) is 0 Å². The van der Waals surface area contributed by atoms with Gasteiger partial charge in [0, 0.05) is 30.7 Å². The van der Waals surface area contributed by atoms with Crippen molar-refractivity contribution in [2.75, 3.05) is 26.2 Å². The Labute approximate surface area is 142 Å². The van der Waals surface area contributed by atoms with Gasteiger partial charge < -0.3 is 15.7 Å². The zero-order valence-electron chi connectivity index (χ0n) is 13.2. The Bertz CT molecular complexity index is 513. The number of nitrogens with zero attached hydrogens (tertiary/aromatic N) is 1. The largest absolute Gasteiger partial charge is 0.394 e. The van der Waals surface area contributed by atoms with E-state index in [0.717, 1.165) is 38.0 Å². The van der Waals surface area contributed by atoms with Gasteiger partial charge in [0.1, 0.15) is 0 Å². The number of likely N-dealkylation sites (tertiary alicyclic amines) is 1. The molecule has 1 aromatic carbocycles. The number of nitrogens with one attached hydrogen (secondary N) is 2. The molecule has 0 aromatic heterocycles. The number of amides is 2. The van der Waals surface area contributed by atoms with Crippen LogP contribution in [0.25, 0.3) is 0 Å². The number of piperidine rings is 1. The minimum Gasteiger partial charge on any atom is -0.394 e. The van der Waals surface area contributed by atoms with Crippen molar-refractivity contribution in [3.63, 3.8) is 0 Å². The van der Waals surface area contributed by atoms with Gasteiger partial charge in [-0.2, -0.15) is 0 Å². The molecule has 0 aliphatic carbocycles. The molecule has 1 unspecified atom stereocenters. The quantitative estimate of drug-likeness (QED) is 0.698. The van der Waals surface area contributed by atoms with Gasteiger partial charge in [-0.05, 0) is 30.5 Å². The minimum atomic E-state index is -0.437. The van der Waals surface area contributed by atoms with Crippen molar-refractivity contribution in [1.29, 1.82) is 0 Å². The molecule has 1 aliphatic heterocycles. The second kappa shape index (κ2) is 8.91. The summed E-state index contributed by atoms with van der Waals surface area (Å²) in [5.74, 6) is 0. The normalized spacial score (nSPS) is 17.5. The van der Waals surface area contributed by atoms with Gasteiger partial charge in [0.15, 0.2) is 0 Å². The molecular weight excluding hydrogens is 314 g/mol. The first-order valence-corrected chi connectivity index (χ1v) is 8.26. The number of rotatable bonds is 6. The van der Waals surface area contributed by atoms with E-state index in [2.05, 4.69) is 22.1 Å². The topological polar surface area (TPSA) is 64.6 Å². The summed E-state index contributed by atoms with van der Waals surface area (Å²) in [5.41, 5.74) is 0.827. The highest BCUT2D eigenvalue weighted by molar-refractivity contribution is 6.30. The van der Waals surface area contributed by atoms with E-state index in [1.807, 2.05) is 6.08 Å². The molecule has 0 saturated carbocycles. The molecule has 23 heavy (non-hydrogen) atoms. The fourth-order valence-corrected chi connectivity index (χ4v) is 2.88. The number of benzene rings is 1. The Kier molecular flexibility index (Phi) is 6.89. The van der Waals surface area contributed by atoms with Crippen LogP contribution in [0.3, 0.4) is 0 Å². The van der Waals surface area contributed by atoms with E-state index in [1.54, 1.807) is 24.3 Å². The smallest absolute Gasteiger partial charge is 0.315 e. The Hall–Kier alpha value is -1.56. The van der Waals surface area contributed by atoms with Crippen molar-refractivity contribution < 1.29 is 9.90 Å². The molecule has 1 aromatic rings. The Morgan fingerprint density at radius 3 is 2.61 bits per heavy atom. The summed E-state index contributed by atoms with van der Waals surface area (Å²) in [6.07, 6.45) is 3.75. The van der Waals surface area contributed by atoms with E-state index in [4.69, 9.17) is 11.6 Å². The third-order valence-corrected chi connectivity index (χ3v) is 4.32. The first-order chi connectivity index (χ1) is 11.1. The first-order valence-electron chi connectivity index (χ1n) is 7.89. The average molecular weight is 338 g/mol. The van der Waals surface area contributed by atoms with Gasteiger partial charge in [-0.3, -0.25) is 4.90 Å². The zero-order chi connectivity index (χ0) is 16.7. The van der Waals surface area contributed by atoms with Crippen molar-refractivity contribution in [1.82, 2.24) is 15.5 Å². The third kappa shape index (κ3) is 5.53. The number of aliphatic hydroxyl groups excluding tert-OH is 1. The molecule has 1 aliphatic rings. The molecule has 0 radical (unpaired) electrons. The lowest BCUT2D eigenvalue weighted by atomic mass is 10.1. The predicted molar refractivity (Wildman–Crippen MR) is 92.6 cm³/mol. The van der Waals surface area contributed by atoms with Crippen LogP contribution in [-0.4, -0.2) is 48.3 Å². The summed E-state index contributed by atoms with van der Waals surface area (Å²) >= 11 is 5.86. The van der Waals surface area contributed by atoms with Crippen LogP contribution in [-0.2, 0) is 0 Å². The summed E-state index contributed by atoms with van der Waals surface area (Å²) in [4.78, 5) is 14.5. The van der Waals surface area contributed by atoms with Crippen LogP contribution in [0.15, 0.2) is 36.9 Å². The fraction of sp³-hybridized carbons (Fsp3) is 0.471. The van der Waals surface area contributed by atoms with E-state index in [9.17, 15) is 9.90 Å². The van der Waals surface area contributed by atoms with Crippen molar-refractivity contribution >= 4 is 17.6 Å². The highest BCUT2D eigenvalue weighted by Crippen LogP contribution is 2.16. The molecule has 1 heterocycles. The lowest BCUT2D eigenvalue weighted by molar-refractivity contribution is 0.195. The van der Waals surface area contributed by atoms with Crippen LogP contribution >= 0.6 is 11.6 Å². The highest BCUT2D eigenvalue weighted by Gasteiger charge is 2.21. The molecule has 0 spiro atoms. The van der Waals surface area contributed by atoms with Crippen molar-refractivity contribution in [3.05, 3.63) is 47.5 Å². The number of carbonyl (C=O) groups is 1. The minimum absolute atomic E-state index is 0.160. The van der Waals surface area contributed by atoms with Crippen LogP contribution < -0.4 is 10.6 Å². The number of hydrogen-bond acceptors (Lipinski definition) is 3. The van der Waals surface area contributed by atoms with Gasteiger partial charge in [-0.15, -0.1) is 6.58 Å². The van der Waals surface area contributed by atoms with Crippen molar-refractivity contribution in [2.45, 2.75) is 24.9 Å². The molecule has 3 N–H and O–H groups in total. The number of carbonyl (C=O) groups excluding carboxylic acids is 1. The molecule has 0 bridgehead atoms. The lowest BCUT2D eigenvalue weighted by Gasteiger charge is -2.32. The van der Waals surface area contributed by atoms with Gasteiger partial charge in [0.25, 0.3) is 0 Å². The van der Waals surface area contributed by atoms with Gasteiger partial charge in [-0.1, -0.05) is 29.8 Å². The number of halogens is 1. The summed E-state index contributed by atoms with van der Waals surface area (Å²) in [7, 11) is 0. The molecule has 126 valence electrons. The van der Waals surface area contributed by atoms with Crippen molar-refractivity contribution in [3.8, 4) is 0 Å². The van der Waals surface area contributed by atoms with E-state index < -0.39 is 6.04 Å². The molecule has 1 fully saturated rings. The van der Waals surface area contributed by atoms with Crippen LogP contribution in [0.2, 0.25) is 5.02 Å². The molecule has 2 amide bonds. The van der Waals surface area contributed by atoms with Crippen LogP contribution in [0.1, 0.15) is 24.4 Å². The second-order valence-electron chi connectivity index (χ2n) is 5.77. The molecule has 1 saturated heterocycles. The molecule has 6 heteroatoms. The summed E-state index contributed by atoms with van der Waals surface area (Å²) < 4.78 is 0. The van der Waals surface area contributed by atoms with Crippen LogP contribution in [0.5, 0.6) is 0 Å². The van der Waals surface area contributed by atoms with E-state index in [0.29, 0.717) is 5.02 Å². The van der Waals surface area contributed by atoms with E-state index >= 15 is 0 Å². The fourth-order valence-electron chi connectivity index (χ4n) is 2.76. The van der Waals surface area contributed by atoms with Crippen LogP contribution in [0.4, 0.5) is 4.79 Å². The molecular formula is C17H24ClN3O2. The number of urea groups is 1. The number of hydrogen-bond donors (Lipinski definition) is 3. The molecule has 2 rings (SSSR count). The SMILES string of the molecule is C=CCN1CCC(NC(=O)NC(CO)c2ccc(Cl)cc2)CC1. The standard InChI is InChI=1S/C17H24ClN3O2/c1-2-9-21-10-7-15(8-11-21)19-17(23)20-16(12-22)13-3-5-14(18)6-4-13/h2-6,15-16,22H,1,7-12H2,(H2,19,20,23). The van der Waals surface area contributed by atoms with Gasteiger partial charge in [0.2, 0.25) is 0 Å². The Morgan fingerprint density at radius 2 is 2.04 bits per heavy atom. The van der Waals surface area contributed by atoms with Crippen molar-refractivity contribution in [2.24, 2.45) is 0 Å². The molecule has 1 atom stereocenters. The Morgan fingerprint density at radius 1 is 1.39 bits per heavy atom. The van der Waals surface area contributed by atoms with Gasteiger partial charge >= 0.3 is 6.03 Å². The Balaban J connectivity index is 1.81. The maximum absolute atomic E-state index is 12.1. The number of aliphatic hydroxyl groups is 1. The van der Waals surface area contributed by atoms with Gasteiger partial charge in [0.05, 0.1) is 12.6 Å². The third-order valence-electron chi connectivity index (χ3n) is 4.07. The second-order valence-corrected chi connectivity index (χ2v) is 6.20. The maximum Gasteiger partial charge on any atom is 0.315 e. The highest BCUT2D eigenvalue weighted by atomic mass is 35.5. The lowest BCUT2D eigenvalue weighted by Crippen LogP contribution is -2.48. The summed E-state index contributed by atoms with van der Waals surface area (Å²) in [6.45, 7) is 6.39. The monoisotopic (exact) mass is 337 g/mol. The van der Waals surface area contributed by atoms with E-state index in [1.165, 1.54) is 0 Å². The van der Waals surface area contributed by atoms with Gasteiger partial charge in [-0.25, -0.2) is 4.79 Å². The van der Waals surface area contributed by atoms with E-state index in [-0.39, 0.29) is 18.7 Å². The molecule has 5 nitrogen and oxygen atoms in total. The predicted octanol–water partition coefficient (Wildman–Crippen LogP) is 2.32. The first kappa shape index (κ1) is 17.8. The summed E-state index contributed by atoms with van der Waals surface area (Å²) in [5, 5.41) is 15.9. The average Bonchev–Trinajstić information content (AvgIpc) is 2.56.